The minimum absolute atomic E-state index is 0. The number of hydrogen-bond donors (Lipinski definition) is 0. The molecule has 0 atom stereocenters. The van der Waals surface area contributed by atoms with E-state index in [0.29, 0.717) is 0 Å². The Balaban J connectivity index is 0.00000137. The van der Waals surface area contributed by atoms with Gasteiger partial charge in [0.2, 0.25) is 0 Å². The molecule has 0 spiro atoms. The van der Waals surface area contributed by atoms with Crippen molar-refractivity contribution in [1.29, 1.82) is 0 Å². The number of halogens is 2. The number of fused-ring (bicyclic) bond motifs is 6. The maximum absolute atomic E-state index is 2.56. The molecule has 0 aliphatic heterocycles. The van der Waals surface area contributed by atoms with E-state index in [0.717, 1.165) is 12.8 Å². The van der Waals surface area contributed by atoms with Gasteiger partial charge in [0.25, 0.3) is 0 Å². The standard InChI is InChI=1S/2C13H9.C4H9.2ClH.H2Si.Ti/c2*1-3-7-12-10(5-1)9-11-6-2-4-8-13(11)12;1-3-4-2;;;;/h2*1-5,7-8H,9H2;1,3-4H2,2H3;2*1H;1H2;. The number of unbranched alkanes of at least 4 members (excludes halogenated alkanes) is 1. The van der Waals surface area contributed by atoms with E-state index < -0.39 is 15.3 Å². The van der Waals surface area contributed by atoms with Gasteiger partial charge < -0.3 is 0 Å². The second-order valence-electron chi connectivity index (χ2n) is 9.52. The third kappa shape index (κ3) is 3.96. The zero-order valence-corrected chi connectivity index (χ0v) is 24.3. The summed E-state index contributed by atoms with van der Waals surface area (Å²) < 4.78 is 4.85. The second-order valence-corrected chi connectivity index (χ2v) is 20.3. The summed E-state index contributed by atoms with van der Waals surface area (Å²) in [6, 6.07) is 32.5. The average molecular weight is 538 g/mol. The predicted molar refractivity (Wildman–Crippen MR) is 151 cm³/mol. The van der Waals surface area contributed by atoms with Crippen molar-refractivity contribution in [3.05, 3.63) is 107 Å². The van der Waals surface area contributed by atoms with E-state index in [9.17, 15) is 0 Å². The maximum Gasteiger partial charge on any atom is -0.147 e. The van der Waals surface area contributed by atoms with Gasteiger partial charge in [-0.2, -0.15) is 0 Å². The molecule has 0 nitrogen and oxygen atoms in total. The molecule has 4 heteroatoms. The Bertz CT molecular complexity index is 1310. The Kier molecular flexibility index (Phi) is 7.62. The van der Waals surface area contributed by atoms with E-state index >= 15 is 0 Å². The Morgan fingerprint density at radius 2 is 1.06 bits per heavy atom. The quantitative estimate of drug-likeness (QED) is 0.219. The molecule has 0 N–H and O–H groups in total. The van der Waals surface area contributed by atoms with Crippen molar-refractivity contribution in [2.24, 2.45) is 0 Å². The largest absolute Gasteiger partial charge is 0.147 e. The van der Waals surface area contributed by atoms with Crippen LogP contribution in [-0.4, -0.2) is 7.63 Å². The van der Waals surface area contributed by atoms with Gasteiger partial charge in [0.05, 0.1) is 0 Å². The molecule has 0 unspecified atom stereocenters. The van der Waals surface area contributed by atoms with Crippen LogP contribution < -0.4 is 7.74 Å². The molecule has 4 aromatic rings. The Morgan fingerprint density at radius 1 is 0.618 bits per heavy atom. The van der Waals surface area contributed by atoms with Gasteiger partial charge in [0.15, 0.2) is 0 Å². The Hall–Kier alpha value is -1.61. The first-order chi connectivity index (χ1) is 15.7. The third-order valence-electron chi connectivity index (χ3n) is 7.69. The molecule has 4 aromatic carbocycles. The van der Waals surface area contributed by atoms with Crippen LogP contribution >= 0.6 is 24.8 Å². The van der Waals surface area contributed by atoms with Crippen molar-refractivity contribution in [2.45, 2.75) is 37.3 Å². The summed E-state index contributed by atoms with van der Waals surface area (Å²) in [5.74, 6) is 0. The second kappa shape index (κ2) is 10.2. The van der Waals surface area contributed by atoms with E-state index in [1.165, 1.54) is 50.9 Å². The van der Waals surface area contributed by atoms with Gasteiger partial charge >= 0.3 is 197 Å². The van der Waals surface area contributed by atoms with Crippen LogP contribution in [0.3, 0.4) is 0 Å². The van der Waals surface area contributed by atoms with Crippen molar-refractivity contribution in [3.63, 3.8) is 0 Å². The molecule has 0 bridgehead atoms. The molecule has 34 heavy (non-hydrogen) atoms. The van der Waals surface area contributed by atoms with Gasteiger partial charge in [0, 0.05) is 0 Å². The summed E-state index contributed by atoms with van der Waals surface area (Å²) in [5.41, 5.74) is 12.2. The first-order valence-corrected chi connectivity index (χ1v) is 18.7. The molecule has 0 aromatic heterocycles. The minimum atomic E-state index is -2.56. The molecule has 2 aliphatic carbocycles. The van der Waals surface area contributed by atoms with Crippen LogP contribution in [0.15, 0.2) is 84.9 Å². The minimum Gasteiger partial charge on any atom is -0.147 e. The smallest absolute Gasteiger partial charge is 0.147 e. The van der Waals surface area contributed by atoms with Crippen LogP contribution in [0.2, 0.25) is 4.73 Å². The number of rotatable bonds is 5. The molecule has 0 saturated carbocycles. The Morgan fingerprint density at radius 3 is 1.53 bits per heavy atom. The van der Waals surface area contributed by atoms with Crippen molar-refractivity contribution in [1.82, 2.24) is 0 Å². The fourth-order valence-corrected chi connectivity index (χ4v) is 16.5. The number of benzene rings is 4. The topological polar surface area (TPSA) is 0 Å². The van der Waals surface area contributed by atoms with Crippen LogP contribution in [-0.2, 0) is 28.2 Å². The normalized spacial score (nSPS) is 12.6. The van der Waals surface area contributed by atoms with Crippen LogP contribution in [0.4, 0.5) is 0 Å². The van der Waals surface area contributed by atoms with Crippen molar-refractivity contribution < 1.29 is 15.3 Å². The van der Waals surface area contributed by atoms with Crippen LogP contribution in [0.1, 0.15) is 42.0 Å². The molecular formula is C30H31Cl2SiTi. The van der Waals surface area contributed by atoms with Crippen LogP contribution in [0.25, 0.3) is 22.3 Å². The fraction of sp³-hybridized carbons (Fsp3) is 0.200. The molecule has 0 fully saturated rings. The molecular weight excluding hydrogens is 507 g/mol. The summed E-state index contributed by atoms with van der Waals surface area (Å²) >= 11 is -2.56. The number of hydrogen-bond acceptors (Lipinski definition) is 0. The monoisotopic (exact) mass is 537 g/mol. The summed E-state index contributed by atoms with van der Waals surface area (Å²) in [6.45, 7) is 2.35. The zero-order valence-electron chi connectivity index (χ0n) is 19.6. The zero-order chi connectivity index (χ0) is 21.7. The fourth-order valence-electron chi connectivity index (χ4n) is 6.10. The van der Waals surface area contributed by atoms with Gasteiger partial charge in [0.1, 0.15) is 0 Å². The van der Waals surface area contributed by atoms with Gasteiger partial charge in [-0.1, -0.05) is 0 Å². The SMILES string of the molecule is CCC[CH2][Ti](=[SiH2])([c]1cccc2c1Cc1ccccc1-2)[c]1cccc2c1Cc1ccccc1-2.Cl.Cl. The first-order valence-electron chi connectivity index (χ1n) is 12.0. The van der Waals surface area contributed by atoms with Gasteiger partial charge in [-0.25, -0.2) is 0 Å². The van der Waals surface area contributed by atoms with Crippen molar-refractivity contribution in [3.8, 4) is 22.3 Å². The van der Waals surface area contributed by atoms with E-state index in [1.54, 1.807) is 18.9 Å². The van der Waals surface area contributed by atoms with Crippen LogP contribution in [0.5, 0.6) is 0 Å². The van der Waals surface area contributed by atoms with E-state index in [1.807, 2.05) is 0 Å². The molecule has 0 saturated heterocycles. The van der Waals surface area contributed by atoms with E-state index in [2.05, 4.69) is 99.5 Å². The Labute approximate surface area is 221 Å². The van der Waals surface area contributed by atoms with Gasteiger partial charge in [-0.3, -0.25) is 0 Å². The predicted octanol–water partition coefficient (Wildman–Crippen LogP) is 6.54. The summed E-state index contributed by atoms with van der Waals surface area (Å²) in [5, 5.41) is 0. The van der Waals surface area contributed by atoms with Crippen molar-refractivity contribution in [2.75, 3.05) is 0 Å². The van der Waals surface area contributed by atoms with Gasteiger partial charge in [-0.15, -0.1) is 24.8 Å². The first kappa shape index (κ1) is 25.5. The van der Waals surface area contributed by atoms with Crippen LogP contribution in [0, 0.1) is 0 Å². The molecule has 2 aliphatic rings. The third-order valence-corrected chi connectivity index (χ3v) is 18.9. The van der Waals surface area contributed by atoms with E-state index in [-0.39, 0.29) is 24.8 Å². The summed E-state index contributed by atoms with van der Waals surface area (Å²) in [4.78, 5) is 0. The summed E-state index contributed by atoms with van der Waals surface area (Å²) in [7, 11) is 2.42. The van der Waals surface area contributed by atoms with E-state index in [4.69, 9.17) is 0 Å². The molecule has 0 heterocycles. The average Bonchev–Trinajstić information content (AvgIpc) is 3.40. The van der Waals surface area contributed by atoms with Gasteiger partial charge in [-0.05, 0) is 0 Å². The molecule has 0 amide bonds. The molecule has 173 valence electrons. The maximum atomic E-state index is 2.51. The molecule has 6 rings (SSSR count). The van der Waals surface area contributed by atoms with Crippen molar-refractivity contribution >= 4 is 40.2 Å². The summed E-state index contributed by atoms with van der Waals surface area (Å²) in [6.07, 6.45) is 4.81. The molecule has 0 radical (unpaired) electrons.